The van der Waals surface area contributed by atoms with E-state index in [4.69, 9.17) is 4.74 Å². The zero-order valence-electron chi connectivity index (χ0n) is 16.2. The fraction of sp³-hybridized carbons (Fsp3) is 0.364. The van der Waals surface area contributed by atoms with Gasteiger partial charge in [0.05, 0.1) is 7.11 Å². The smallest absolute Gasteiger partial charge is 0.321 e. The third kappa shape index (κ3) is 5.49. The Kier molecular flexibility index (Phi) is 6.89. The summed E-state index contributed by atoms with van der Waals surface area (Å²) in [6.45, 7) is 2.12. The van der Waals surface area contributed by atoms with Crippen LogP contribution in [-0.4, -0.2) is 43.6 Å². The van der Waals surface area contributed by atoms with Gasteiger partial charge in [0.15, 0.2) is 0 Å². The van der Waals surface area contributed by atoms with Crippen LogP contribution in [0.3, 0.4) is 0 Å². The van der Waals surface area contributed by atoms with Crippen LogP contribution in [0.4, 0.5) is 10.5 Å². The molecule has 1 aliphatic heterocycles. The predicted octanol–water partition coefficient (Wildman–Crippen LogP) is 3.76. The number of piperidine rings is 1. The monoisotopic (exact) mass is 381 g/mol. The fourth-order valence-electron chi connectivity index (χ4n) is 3.40. The van der Waals surface area contributed by atoms with E-state index < -0.39 is 0 Å². The lowest BCUT2D eigenvalue weighted by molar-refractivity contribution is 0.0949. The van der Waals surface area contributed by atoms with Crippen molar-refractivity contribution in [3.8, 4) is 5.75 Å². The van der Waals surface area contributed by atoms with Gasteiger partial charge in [0.2, 0.25) is 0 Å². The molecule has 28 heavy (non-hydrogen) atoms. The van der Waals surface area contributed by atoms with Crippen LogP contribution < -0.4 is 15.4 Å². The molecule has 6 nitrogen and oxygen atoms in total. The van der Waals surface area contributed by atoms with Gasteiger partial charge < -0.3 is 20.3 Å². The maximum absolute atomic E-state index is 12.3. The van der Waals surface area contributed by atoms with Gasteiger partial charge in [-0.3, -0.25) is 4.79 Å². The molecule has 3 amide bonds. The van der Waals surface area contributed by atoms with E-state index in [0.29, 0.717) is 23.8 Å². The Bertz CT molecular complexity index is 787. The Morgan fingerprint density at radius 3 is 2.54 bits per heavy atom. The summed E-state index contributed by atoms with van der Waals surface area (Å²) in [5.74, 6) is 1.11. The second-order valence-electron chi connectivity index (χ2n) is 7.00. The number of urea groups is 1. The van der Waals surface area contributed by atoms with Gasteiger partial charge in [-0.25, -0.2) is 4.79 Å². The molecule has 6 heteroatoms. The first-order valence-corrected chi connectivity index (χ1v) is 9.69. The summed E-state index contributed by atoms with van der Waals surface area (Å²) in [5, 5.41) is 5.91. The highest BCUT2D eigenvalue weighted by Crippen LogP contribution is 2.21. The van der Waals surface area contributed by atoms with E-state index in [0.717, 1.165) is 38.0 Å². The minimum atomic E-state index is -0.0847. The lowest BCUT2D eigenvalue weighted by atomic mass is 9.93. The van der Waals surface area contributed by atoms with Gasteiger partial charge >= 0.3 is 6.03 Å². The Balaban J connectivity index is 1.37. The van der Waals surface area contributed by atoms with Crippen LogP contribution in [0.25, 0.3) is 0 Å². The van der Waals surface area contributed by atoms with Crippen molar-refractivity contribution in [1.82, 2.24) is 10.2 Å². The summed E-state index contributed by atoms with van der Waals surface area (Å²) in [5.41, 5.74) is 1.42. The number of rotatable bonds is 6. The van der Waals surface area contributed by atoms with Crippen LogP contribution in [0.1, 0.15) is 29.6 Å². The molecule has 2 N–H and O–H groups in total. The highest BCUT2D eigenvalue weighted by Gasteiger charge is 2.22. The Labute approximate surface area is 165 Å². The van der Waals surface area contributed by atoms with E-state index in [-0.39, 0.29) is 11.9 Å². The van der Waals surface area contributed by atoms with E-state index >= 15 is 0 Å². The van der Waals surface area contributed by atoms with E-state index in [2.05, 4.69) is 10.6 Å². The number of anilines is 1. The number of nitrogens with one attached hydrogen (secondary N) is 2. The van der Waals surface area contributed by atoms with Crippen LogP contribution in [0, 0.1) is 5.92 Å². The average molecular weight is 381 g/mol. The van der Waals surface area contributed by atoms with E-state index in [9.17, 15) is 9.59 Å². The summed E-state index contributed by atoms with van der Waals surface area (Å²) in [6, 6.07) is 16.6. The number of para-hydroxylation sites is 1. The maximum Gasteiger partial charge on any atom is 0.321 e. The van der Waals surface area contributed by atoms with Gasteiger partial charge in [-0.05, 0) is 55.5 Å². The molecule has 0 saturated carbocycles. The van der Waals surface area contributed by atoms with E-state index in [1.807, 2.05) is 47.4 Å². The summed E-state index contributed by atoms with van der Waals surface area (Å²) >= 11 is 0. The second kappa shape index (κ2) is 9.78. The van der Waals surface area contributed by atoms with E-state index in [1.165, 1.54) is 0 Å². The van der Waals surface area contributed by atoms with Gasteiger partial charge in [-0.15, -0.1) is 0 Å². The highest BCUT2D eigenvalue weighted by molar-refractivity contribution is 5.94. The largest absolute Gasteiger partial charge is 0.497 e. The number of likely N-dealkylation sites (tertiary alicyclic amines) is 1. The Morgan fingerprint density at radius 1 is 1.07 bits per heavy atom. The Hall–Kier alpha value is -3.02. The van der Waals surface area contributed by atoms with Crippen molar-refractivity contribution < 1.29 is 14.3 Å². The molecule has 1 aliphatic rings. The molecule has 0 spiro atoms. The van der Waals surface area contributed by atoms with Crippen molar-refractivity contribution in [2.45, 2.75) is 19.3 Å². The molecular weight excluding hydrogens is 354 g/mol. The van der Waals surface area contributed by atoms with E-state index in [1.54, 1.807) is 19.2 Å². The van der Waals surface area contributed by atoms with Crippen molar-refractivity contribution >= 4 is 17.6 Å². The van der Waals surface area contributed by atoms with Gasteiger partial charge in [0, 0.05) is 30.9 Å². The number of carbonyl (C=O) groups is 2. The third-order valence-corrected chi connectivity index (χ3v) is 5.10. The first kappa shape index (κ1) is 19.7. The van der Waals surface area contributed by atoms with Gasteiger partial charge in [-0.2, -0.15) is 0 Å². The topological polar surface area (TPSA) is 70.7 Å². The number of carbonyl (C=O) groups excluding carboxylic acids is 2. The molecule has 2 aromatic carbocycles. The summed E-state index contributed by atoms with van der Waals surface area (Å²) in [6.07, 6.45) is 2.83. The highest BCUT2D eigenvalue weighted by atomic mass is 16.5. The first-order valence-electron chi connectivity index (χ1n) is 9.69. The quantitative estimate of drug-likeness (QED) is 0.800. The molecule has 0 aliphatic carbocycles. The average Bonchev–Trinajstić information content (AvgIpc) is 2.75. The zero-order chi connectivity index (χ0) is 19.8. The normalized spacial score (nSPS) is 14.4. The number of nitrogens with zero attached hydrogens (tertiary/aromatic N) is 1. The van der Waals surface area contributed by atoms with Crippen LogP contribution in [0.2, 0.25) is 0 Å². The molecule has 2 aromatic rings. The van der Waals surface area contributed by atoms with Crippen LogP contribution >= 0.6 is 0 Å². The van der Waals surface area contributed by atoms with Crippen LogP contribution in [0.15, 0.2) is 54.6 Å². The fourth-order valence-corrected chi connectivity index (χ4v) is 3.40. The van der Waals surface area contributed by atoms with Crippen molar-refractivity contribution in [3.63, 3.8) is 0 Å². The van der Waals surface area contributed by atoms with Gasteiger partial charge in [0.25, 0.3) is 5.91 Å². The Morgan fingerprint density at radius 2 is 1.82 bits per heavy atom. The molecule has 0 bridgehead atoms. The SMILES string of the molecule is COc1cccc(C(=O)NCCC2CCN(C(=O)Nc3ccccc3)CC2)c1. The first-order chi connectivity index (χ1) is 13.7. The number of hydrogen-bond donors (Lipinski definition) is 2. The number of methoxy groups -OCH3 is 1. The minimum Gasteiger partial charge on any atom is -0.497 e. The summed E-state index contributed by atoms with van der Waals surface area (Å²) in [4.78, 5) is 26.4. The molecule has 0 radical (unpaired) electrons. The third-order valence-electron chi connectivity index (χ3n) is 5.10. The number of ether oxygens (including phenoxy) is 1. The van der Waals surface area contributed by atoms with Crippen molar-refractivity contribution in [1.29, 1.82) is 0 Å². The number of amides is 3. The minimum absolute atomic E-state index is 0.0454. The molecular formula is C22H27N3O3. The maximum atomic E-state index is 12.3. The molecule has 0 unspecified atom stereocenters. The summed E-state index contributed by atoms with van der Waals surface area (Å²) in [7, 11) is 1.59. The molecule has 0 aromatic heterocycles. The molecule has 0 atom stereocenters. The predicted molar refractivity (Wildman–Crippen MR) is 110 cm³/mol. The van der Waals surface area contributed by atoms with Crippen LogP contribution in [0.5, 0.6) is 5.75 Å². The molecule has 148 valence electrons. The van der Waals surface area contributed by atoms with Crippen LogP contribution in [-0.2, 0) is 0 Å². The van der Waals surface area contributed by atoms with Gasteiger partial charge in [-0.1, -0.05) is 24.3 Å². The summed E-state index contributed by atoms with van der Waals surface area (Å²) < 4.78 is 5.15. The second-order valence-corrected chi connectivity index (χ2v) is 7.00. The standard InChI is InChI=1S/C22H27N3O3/c1-28-20-9-5-6-18(16-20)21(26)23-13-10-17-11-14-25(15-12-17)22(27)24-19-7-3-2-4-8-19/h2-9,16-17H,10-15H2,1H3,(H,23,26)(H,24,27). The molecule has 3 rings (SSSR count). The van der Waals surface area contributed by atoms with Gasteiger partial charge in [0.1, 0.15) is 5.75 Å². The molecule has 1 fully saturated rings. The number of hydrogen-bond acceptors (Lipinski definition) is 3. The number of benzene rings is 2. The molecule has 1 heterocycles. The lowest BCUT2D eigenvalue weighted by Crippen LogP contribution is -2.41. The van der Waals surface area contributed by atoms with Crippen molar-refractivity contribution in [3.05, 3.63) is 60.2 Å². The van der Waals surface area contributed by atoms with Crippen molar-refractivity contribution in [2.75, 3.05) is 32.1 Å². The lowest BCUT2D eigenvalue weighted by Gasteiger charge is -2.32. The molecule has 1 saturated heterocycles. The van der Waals surface area contributed by atoms with Crippen molar-refractivity contribution in [2.24, 2.45) is 5.92 Å². The zero-order valence-corrected chi connectivity index (χ0v) is 16.2.